The number of phenols is 1. The summed E-state index contributed by atoms with van der Waals surface area (Å²) < 4.78 is 1.98. The molecule has 1 aromatic carbocycles. The van der Waals surface area contributed by atoms with Crippen LogP contribution >= 0.6 is 27.3 Å². The number of thiazole rings is 1. The van der Waals surface area contributed by atoms with Gasteiger partial charge in [-0.15, -0.1) is 11.3 Å². The van der Waals surface area contributed by atoms with Gasteiger partial charge in [0.05, 0.1) is 16.5 Å². The van der Waals surface area contributed by atoms with Gasteiger partial charge in [-0.2, -0.15) is 0 Å². The van der Waals surface area contributed by atoms with E-state index in [-0.39, 0.29) is 5.75 Å². The number of fused-ring (bicyclic) bond motifs is 1. The Bertz CT molecular complexity index is 663. The largest absolute Gasteiger partial charge is 0.507 e. The van der Waals surface area contributed by atoms with Crippen LogP contribution in [-0.2, 0) is 0 Å². The first-order chi connectivity index (χ1) is 8.24. The Kier molecular flexibility index (Phi) is 2.57. The molecule has 0 saturated carbocycles. The number of aromatic hydroxyl groups is 1. The minimum atomic E-state index is 0.236. The summed E-state index contributed by atoms with van der Waals surface area (Å²) in [5.74, 6) is 0.236. The maximum Gasteiger partial charge on any atom is 0.128 e. The van der Waals surface area contributed by atoms with E-state index in [0.29, 0.717) is 0 Å². The zero-order valence-electron chi connectivity index (χ0n) is 8.59. The van der Waals surface area contributed by atoms with E-state index in [0.717, 1.165) is 25.3 Å². The molecule has 0 unspecified atom stereocenters. The molecular weight excluding hydrogens is 300 g/mol. The summed E-state index contributed by atoms with van der Waals surface area (Å²) in [6.07, 6.45) is 3.47. The lowest BCUT2D eigenvalue weighted by Crippen LogP contribution is -1.78. The van der Waals surface area contributed by atoms with Gasteiger partial charge in [0.1, 0.15) is 16.3 Å². The zero-order valence-corrected chi connectivity index (χ0v) is 11.0. The summed E-state index contributed by atoms with van der Waals surface area (Å²) in [6.45, 7) is 0. The summed E-state index contributed by atoms with van der Waals surface area (Å²) in [7, 11) is 0. The van der Waals surface area contributed by atoms with Crippen molar-refractivity contribution in [2.24, 2.45) is 0 Å². The standard InChI is InChI=1S/C12H7BrN2OS/c13-7-1-2-10(16)8(5-7)12-15-9-6-14-4-3-11(9)17-12/h1-6,16H. The van der Waals surface area contributed by atoms with Gasteiger partial charge in [-0.3, -0.25) is 4.98 Å². The van der Waals surface area contributed by atoms with E-state index < -0.39 is 0 Å². The number of aromatic nitrogens is 2. The zero-order chi connectivity index (χ0) is 11.8. The van der Waals surface area contributed by atoms with Crippen LogP contribution in [0.2, 0.25) is 0 Å². The van der Waals surface area contributed by atoms with E-state index in [1.54, 1.807) is 35.9 Å². The first-order valence-electron chi connectivity index (χ1n) is 4.93. The first-order valence-corrected chi connectivity index (χ1v) is 6.54. The molecule has 0 spiro atoms. The number of pyridine rings is 1. The Morgan fingerprint density at radius 2 is 2.12 bits per heavy atom. The maximum atomic E-state index is 9.84. The highest BCUT2D eigenvalue weighted by molar-refractivity contribution is 9.10. The van der Waals surface area contributed by atoms with Crippen LogP contribution in [0.15, 0.2) is 41.1 Å². The van der Waals surface area contributed by atoms with Gasteiger partial charge < -0.3 is 5.11 Å². The lowest BCUT2D eigenvalue weighted by Gasteiger charge is -2.00. The van der Waals surface area contributed by atoms with Crippen LogP contribution in [0.4, 0.5) is 0 Å². The summed E-state index contributed by atoms with van der Waals surface area (Å²) in [5, 5.41) is 10.6. The van der Waals surface area contributed by atoms with Gasteiger partial charge in [0, 0.05) is 10.7 Å². The van der Waals surface area contributed by atoms with Crippen LogP contribution in [-0.4, -0.2) is 15.1 Å². The molecule has 0 radical (unpaired) electrons. The third kappa shape index (κ3) is 1.92. The molecule has 0 aliphatic heterocycles. The molecule has 0 bridgehead atoms. The highest BCUT2D eigenvalue weighted by atomic mass is 79.9. The van der Waals surface area contributed by atoms with Crippen molar-refractivity contribution in [1.29, 1.82) is 0 Å². The SMILES string of the molecule is Oc1ccc(Br)cc1-c1nc2cnccc2s1. The molecule has 0 fully saturated rings. The second kappa shape index (κ2) is 4.09. The number of phenolic OH excluding ortho intramolecular Hbond substituents is 1. The number of hydrogen-bond acceptors (Lipinski definition) is 4. The van der Waals surface area contributed by atoms with Crippen LogP contribution in [0.25, 0.3) is 20.8 Å². The number of hydrogen-bond donors (Lipinski definition) is 1. The molecule has 1 N–H and O–H groups in total. The Balaban J connectivity index is 2.23. The average Bonchev–Trinajstić information content (AvgIpc) is 2.75. The Morgan fingerprint density at radius 3 is 2.94 bits per heavy atom. The van der Waals surface area contributed by atoms with Crippen molar-refractivity contribution in [3.05, 3.63) is 41.1 Å². The van der Waals surface area contributed by atoms with E-state index in [1.807, 2.05) is 12.1 Å². The molecule has 0 amide bonds. The molecule has 3 aromatic rings. The molecule has 3 rings (SSSR count). The van der Waals surface area contributed by atoms with Gasteiger partial charge >= 0.3 is 0 Å². The van der Waals surface area contributed by atoms with Crippen LogP contribution in [0.1, 0.15) is 0 Å². The van der Waals surface area contributed by atoms with E-state index in [4.69, 9.17) is 0 Å². The van der Waals surface area contributed by atoms with E-state index in [1.165, 1.54) is 0 Å². The molecule has 0 atom stereocenters. The molecular formula is C12H7BrN2OS. The van der Waals surface area contributed by atoms with Crippen molar-refractivity contribution in [3.8, 4) is 16.3 Å². The summed E-state index contributed by atoms with van der Waals surface area (Å²) in [5.41, 5.74) is 1.59. The van der Waals surface area contributed by atoms with Crippen LogP contribution < -0.4 is 0 Å². The molecule has 0 saturated heterocycles. The van der Waals surface area contributed by atoms with E-state index in [9.17, 15) is 5.11 Å². The minimum Gasteiger partial charge on any atom is -0.507 e. The normalized spacial score (nSPS) is 10.9. The predicted octanol–water partition coefficient (Wildman–Crippen LogP) is 3.83. The van der Waals surface area contributed by atoms with Crippen LogP contribution in [0.3, 0.4) is 0 Å². The predicted molar refractivity (Wildman–Crippen MR) is 72.2 cm³/mol. The topological polar surface area (TPSA) is 46.0 Å². The summed E-state index contributed by atoms with van der Waals surface area (Å²) >= 11 is 4.93. The Morgan fingerprint density at radius 1 is 1.24 bits per heavy atom. The van der Waals surface area contributed by atoms with Crippen molar-refractivity contribution >= 4 is 37.5 Å². The number of rotatable bonds is 1. The Hall–Kier alpha value is -1.46. The second-order valence-electron chi connectivity index (χ2n) is 3.52. The Labute approximate surface area is 110 Å². The summed E-state index contributed by atoms with van der Waals surface area (Å²) in [4.78, 5) is 8.49. The van der Waals surface area contributed by atoms with Crippen molar-refractivity contribution < 1.29 is 5.11 Å². The molecule has 0 aliphatic carbocycles. The van der Waals surface area contributed by atoms with Gasteiger partial charge in [-0.25, -0.2) is 4.98 Å². The van der Waals surface area contributed by atoms with Crippen molar-refractivity contribution in [2.45, 2.75) is 0 Å². The quantitative estimate of drug-likeness (QED) is 0.743. The second-order valence-corrected chi connectivity index (χ2v) is 5.47. The molecule has 84 valence electrons. The monoisotopic (exact) mass is 306 g/mol. The van der Waals surface area contributed by atoms with Crippen molar-refractivity contribution in [3.63, 3.8) is 0 Å². The molecule has 2 aromatic heterocycles. The van der Waals surface area contributed by atoms with Gasteiger partial charge in [0.15, 0.2) is 0 Å². The van der Waals surface area contributed by atoms with Crippen LogP contribution in [0, 0.1) is 0 Å². The highest BCUT2D eigenvalue weighted by Crippen LogP contribution is 2.36. The average molecular weight is 307 g/mol. The van der Waals surface area contributed by atoms with E-state index >= 15 is 0 Å². The summed E-state index contributed by atoms with van der Waals surface area (Å²) in [6, 6.07) is 7.24. The fraction of sp³-hybridized carbons (Fsp3) is 0. The number of halogens is 1. The third-order valence-electron chi connectivity index (χ3n) is 2.38. The molecule has 17 heavy (non-hydrogen) atoms. The highest BCUT2D eigenvalue weighted by Gasteiger charge is 2.10. The van der Waals surface area contributed by atoms with Gasteiger partial charge in [-0.05, 0) is 24.3 Å². The fourth-order valence-electron chi connectivity index (χ4n) is 1.57. The molecule has 3 nitrogen and oxygen atoms in total. The smallest absolute Gasteiger partial charge is 0.128 e. The fourth-order valence-corrected chi connectivity index (χ4v) is 2.89. The molecule has 5 heteroatoms. The molecule has 0 aliphatic rings. The molecule has 2 heterocycles. The number of nitrogens with zero attached hydrogens (tertiary/aromatic N) is 2. The van der Waals surface area contributed by atoms with Crippen molar-refractivity contribution in [2.75, 3.05) is 0 Å². The van der Waals surface area contributed by atoms with Gasteiger partial charge in [0.25, 0.3) is 0 Å². The van der Waals surface area contributed by atoms with E-state index in [2.05, 4.69) is 25.9 Å². The minimum absolute atomic E-state index is 0.236. The van der Waals surface area contributed by atoms with Crippen molar-refractivity contribution in [1.82, 2.24) is 9.97 Å². The lowest BCUT2D eigenvalue weighted by molar-refractivity contribution is 0.477. The maximum absolute atomic E-state index is 9.84. The lowest BCUT2D eigenvalue weighted by atomic mass is 10.2. The first kappa shape index (κ1) is 10.7. The van der Waals surface area contributed by atoms with Gasteiger partial charge in [0.2, 0.25) is 0 Å². The van der Waals surface area contributed by atoms with Gasteiger partial charge in [-0.1, -0.05) is 15.9 Å². The third-order valence-corrected chi connectivity index (χ3v) is 3.94. The van der Waals surface area contributed by atoms with Crippen LogP contribution in [0.5, 0.6) is 5.75 Å². The number of benzene rings is 1.